The Balaban J connectivity index is 3.06. The minimum absolute atomic E-state index is 0.309. The number of esters is 1. The summed E-state index contributed by atoms with van der Waals surface area (Å²) in [5.41, 5.74) is -1.25. The van der Waals surface area contributed by atoms with E-state index < -0.39 is 22.7 Å². The van der Waals surface area contributed by atoms with Gasteiger partial charge in [0, 0.05) is 0 Å². The van der Waals surface area contributed by atoms with E-state index in [-0.39, 0.29) is 5.97 Å². The van der Waals surface area contributed by atoms with Gasteiger partial charge in [-0.3, -0.25) is 9.59 Å². The molecule has 0 spiro atoms. The van der Waals surface area contributed by atoms with Crippen LogP contribution in [0.5, 0.6) is 0 Å². The van der Waals surface area contributed by atoms with Crippen LogP contribution in [0, 0.1) is 16.7 Å². The van der Waals surface area contributed by atoms with E-state index in [1.54, 1.807) is 6.92 Å². The molecule has 0 aromatic heterocycles. The predicted molar refractivity (Wildman–Crippen MR) is 54.3 cm³/mol. The number of carbonyl (C=O) groups is 2. The summed E-state index contributed by atoms with van der Waals surface area (Å²) in [6.07, 6.45) is 1.11. The van der Waals surface area contributed by atoms with Gasteiger partial charge in [0.05, 0.1) is 18.4 Å². The van der Waals surface area contributed by atoms with Crippen LogP contribution in [-0.4, -0.2) is 24.2 Å². The number of hydrogen-bond donors (Lipinski definition) is 1. The van der Waals surface area contributed by atoms with E-state index in [2.05, 4.69) is 0 Å². The number of hydrogen-bond acceptors (Lipinski definition) is 3. The fourth-order valence-corrected chi connectivity index (χ4v) is 2.52. The summed E-state index contributed by atoms with van der Waals surface area (Å²) in [5, 5.41) is 9.08. The molecule has 0 saturated heterocycles. The summed E-state index contributed by atoms with van der Waals surface area (Å²) in [6.45, 7) is 5.45. The molecule has 4 nitrogen and oxygen atoms in total. The van der Waals surface area contributed by atoms with Crippen LogP contribution in [0.15, 0.2) is 0 Å². The van der Waals surface area contributed by atoms with E-state index in [1.807, 2.05) is 13.8 Å². The molecule has 0 radical (unpaired) electrons. The molecule has 0 aliphatic heterocycles. The van der Waals surface area contributed by atoms with Crippen LogP contribution in [-0.2, 0) is 14.3 Å². The number of carboxylic acid groups (broad SMARTS) is 1. The first-order valence-electron chi connectivity index (χ1n) is 5.08. The lowest BCUT2D eigenvalue weighted by Crippen LogP contribution is -2.43. The third-order valence-electron chi connectivity index (χ3n) is 4.16. The van der Waals surface area contributed by atoms with Crippen LogP contribution < -0.4 is 0 Å². The first-order valence-corrected chi connectivity index (χ1v) is 5.08. The van der Waals surface area contributed by atoms with Gasteiger partial charge in [-0.2, -0.15) is 0 Å². The van der Waals surface area contributed by atoms with Crippen molar-refractivity contribution in [1.82, 2.24) is 0 Å². The first-order chi connectivity index (χ1) is 6.77. The number of ether oxygens (including phenoxy) is 1. The third kappa shape index (κ3) is 1.52. The molecule has 1 N–H and O–H groups in total. The Morgan fingerprint density at radius 3 is 2.20 bits per heavy atom. The standard InChI is InChI=1S/C11H18O4/c1-10(2)7(8(12)13)5-6-11(10,3)9(14)15-4/h7H,5-6H2,1-4H3,(H,12,13)/t7-,11+/m0/s1. The lowest BCUT2D eigenvalue weighted by atomic mass is 9.66. The summed E-state index contributed by atoms with van der Waals surface area (Å²) in [4.78, 5) is 22.8. The molecule has 2 atom stereocenters. The smallest absolute Gasteiger partial charge is 0.312 e. The van der Waals surface area contributed by atoms with Gasteiger partial charge in [0.1, 0.15) is 0 Å². The Labute approximate surface area is 89.6 Å². The van der Waals surface area contributed by atoms with Gasteiger partial charge in [-0.15, -0.1) is 0 Å². The van der Waals surface area contributed by atoms with Crippen LogP contribution in [0.4, 0.5) is 0 Å². The molecule has 0 aromatic carbocycles. The SMILES string of the molecule is COC(=O)[C@@]1(C)CC[C@@H](C(=O)O)C1(C)C. The molecule has 4 heteroatoms. The largest absolute Gasteiger partial charge is 0.481 e. The van der Waals surface area contributed by atoms with Gasteiger partial charge >= 0.3 is 11.9 Å². The lowest BCUT2D eigenvalue weighted by Gasteiger charge is -2.37. The molecule has 86 valence electrons. The molecular weight excluding hydrogens is 196 g/mol. The van der Waals surface area contributed by atoms with E-state index in [9.17, 15) is 9.59 Å². The van der Waals surface area contributed by atoms with Gasteiger partial charge in [0.2, 0.25) is 0 Å². The Morgan fingerprint density at radius 1 is 1.33 bits per heavy atom. The highest BCUT2D eigenvalue weighted by Gasteiger charge is 2.58. The highest BCUT2D eigenvalue weighted by molar-refractivity contribution is 5.81. The number of rotatable bonds is 2. The van der Waals surface area contributed by atoms with E-state index in [1.165, 1.54) is 7.11 Å². The number of carboxylic acids is 1. The van der Waals surface area contributed by atoms with Crippen molar-refractivity contribution in [1.29, 1.82) is 0 Å². The summed E-state index contributed by atoms with van der Waals surface area (Å²) in [7, 11) is 1.34. The van der Waals surface area contributed by atoms with Crippen molar-refractivity contribution in [2.75, 3.05) is 7.11 Å². The molecule has 0 unspecified atom stereocenters. The predicted octanol–water partition coefficient (Wildman–Crippen LogP) is 1.69. The third-order valence-corrected chi connectivity index (χ3v) is 4.16. The molecule has 0 amide bonds. The van der Waals surface area contributed by atoms with Crippen LogP contribution in [0.1, 0.15) is 33.6 Å². The molecule has 1 aliphatic rings. The maximum Gasteiger partial charge on any atom is 0.312 e. The number of methoxy groups -OCH3 is 1. The van der Waals surface area contributed by atoms with E-state index in [0.717, 1.165) is 0 Å². The highest BCUT2D eigenvalue weighted by atomic mass is 16.5. The molecule has 1 saturated carbocycles. The van der Waals surface area contributed by atoms with Crippen molar-refractivity contribution in [2.24, 2.45) is 16.7 Å². The number of carbonyl (C=O) groups excluding carboxylic acids is 1. The summed E-state index contributed by atoms with van der Waals surface area (Å²) in [5.74, 6) is -1.61. The Hall–Kier alpha value is -1.06. The molecule has 0 heterocycles. The fraction of sp³-hybridized carbons (Fsp3) is 0.818. The van der Waals surface area contributed by atoms with Gasteiger partial charge in [0.25, 0.3) is 0 Å². The maximum absolute atomic E-state index is 11.7. The second kappa shape index (κ2) is 3.51. The zero-order valence-electron chi connectivity index (χ0n) is 9.66. The van der Waals surface area contributed by atoms with Gasteiger partial charge in [0.15, 0.2) is 0 Å². The average Bonchev–Trinajstić information content (AvgIpc) is 2.38. The average molecular weight is 214 g/mol. The van der Waals surface area contributed by atoms with Crippen molar-refractivity contribution in [3.63, 3.8) is 0 Å². The van der Waals surface area contributed by atoms with E-state index in [0.29, 0.717) is 12.8 Å². The Kier molecular flexibility index (Phi) is 2.81. The first kappa shape index (κ1) is 12.0. The molecule has 0 bridgehead atoms. The van der Waals surface area contributed by atoms with Crippen molar-refractivity contribution in [3.8, 4) is 0 Å². The fourth-order valence-electron chi connectivity index (χ4n) is 2.52. The normalized spacial score (nSPS) is 33.7. The number of aliphatic carboxylic acids is 1. The molecule has 1 fully saturated rings. The highest BCUT2D eigenvalue weighted by Crippen LogP contribution is 2.56. The summed E-state index contributed by atoms with van der Waals surface area (Å²) >= 11 is 0. The lowest BCUT2D eigenvalue weighted by molar-refractivity contribution is -0.160. The second-order valence-corrected chi connectivity index (χ2v) is 4.97. The van der Waals surface area contributed by atoms with Crippen LogP contribution in [0.25, 0.3) is 0 Å². The quantitative estimate of drug-likeness (QED) is 0.710. The van der Waals surface area contributed by atoms with Crippen LogP contribution in [0.3, 0.4) is 0 Å². The van der Waals surface area contributed by atoms with Gasteiger partial charge in [-0.25, -0.2) is 0 Å². The minimum atomic E-state index is -0.826. The Morgan fingerprint density at radius 2 is 1.87 bits per heavy atom. The van der Waals surface area contributed by atoms with Crippen molar-refractivity contribution >= 4 is 11.9 Å². The van der Waals surface area contributed by atoms with Crippen LogP contribution >= 0.6 is 0 Å². The molecular formula is C11H18O4. The van der Waals surface area contributed by atoms with Crippen molar-refractivity contribution in [2.45, 2.75) is 33.6 Å². The van der Waals surface area contributed by atoms with E-state index in [4.69, 9.17) is 9.84 Å². The summed E-state index contributed by atoms with van der Waals surface area (Å²) < 4.78 is 4.77. The zero-order valence-corrected chi connectivity index (χ0v) is 9.66. The molecule has 15 heavy (non-hydrogen) atoms. The topological polar surface area (TPSA) is 63.6 Å². The maximum atomic E-state index is 11.7. The zero-order chi connectivity index (χ0) is 11.9. The summed E-state index contributed by atoms with van der Waals surface area (Å²) in [6, 6.07) is 0. The van der Waals surface area contributed by atoms with Crippen LogP contribution in [0.2, 0.25) is 0 Å². The second-order valence-electron chi connectivity index (χ2n) is 4.97. The van der Waals surface area contributed by atoms with Crippen molar-refractivity contribution in [3.05, 3.63) is 0 Å². The van der Waals surface area contributed by atoms with Gasteiger partial charge < -0.3 is 9.84 Å². The minimum Gasteiger partial charge on any atom is -0.481 e. The Bertz CT molecular complexity index is 295. The monoisotopic (exact) mass is 214 g/mol. The van der Waals surface area contributed by atoms with E-state index >= 15 is 0 Å². The molecule has 1 aliphatic carbocycles. The van der Waals surface area contributed by atoms with Gasteiger partial charge in [-0.05, 0) is 25.2 Å². The van der Waals surface area contributed by atoms with Gasteiger partial charge in [-0.1, -0.05) is 13.8 Å². The molecule has 1 rings (SSSR count). The van der Waals surface area contributed by atoms with Crippen molar-refractivity contribution < 1.29 is 19.4 Å². The molecule has 0 aromatic rings.